The number of hydrogen-bond donors (Lipinski definition) is 3. The molecule has 0 aliphatic rings. The van der Waals surface area contributed by atoms with Crippen molar-refractivity contribution in [2.24, 2.45) is 5.84 Å². The van der Waals surface area contributed by atoms with Gasteiger partial charge in [-0.05, 0) is 59.6 Å². The molecule has 21 heavy (non-hydrogen) atoms. The van der Waals surface area contributed by atoms with Crippen LogP contribution in [0.5, 0.6) is 0 Å². The molecule has 110 valence electrons. The Balaban J connectivity index is 2.30. The van der Waals surface area contributed by atoms with Gasteiger partial charge in [0.15, 0.2) is 0 Å². The van der Waals surface area contributed by atoms with E-state index in [0.29, 0.717) is 32.8 Å². The molecule has 4 N–H and O–H groups in total. The third-order valence-corrected chi connectivity index (χ3v) is 3.49. The van der Waals surface area contributed by atoms with Gasteiger partial charge in [-0.3, -0.25) is 4.79 Å². The number of pyridine rings is 1. The van der Waals surface area contributed by atoms with Crippen molar-refractivity contribution in [3.8, 4) is 0 Å². The standard InChI is InChI=1S/C14H14BrFN4O/c1-7-3-11(16)10(15)6-12(7)19-14(21)9-4-8(2)18-13(5-9)20-17/h3-6H,17H2,1-2H3,(H,18,20)(H,19,21). The van der Waals surface area contributed by atoms with Crippen LogP contribution in [0, 0.1) is 19.7 Å². The lowest BCUT2D eigenvalue weighted by Crippen LogP contribution is -2.15. The molecule has 0 aliphatic carbocycles. The average molecular weight is 353 g/mol. The smallest absolute Gasteiger partial charge is 0.255 e. The normalized spacial score (nSPS) is 10.3. The highest BCUT2D eigenvalue weighted by Gasteiger charge is 2.12. The van der Waals surface area contributed by atoms with Crippen molar-refractivity contribution in [2.45, 2.75) is 13.8 Å². The zero-order chi connectivity index (χ0) is 15.6. The molecule has 2 aromatic rings. The van der Waals surface area contributed by atoms with Crippen molar-refractivity contribution in [1.82, 2.24) is 4.98 Å². The molecule has 1 heterocycles. The van der Waals surface area contributed by atoms with Crippen molar-refractivity contribution in [3.63, 3.8) is 0 Å². The summed E-state index contributed by atoms with van der Waals surface area (Å²) >= 11 is 3.10. The Bertz CT molecular complexity index is 706. The summed E-state index contributed by atoms with van der Waals surface area (Å²) in [7, 11) is 0. The van der Waals surface area contributed by atoms with Gasteiger partial charge in [0.05, 0.1) is 4.47 Å². The van der Waals surface area contributed by atoms with E-state index in [4.69, 9.17) is 5.84 Å². The van der Waals surface area contributed by atoms with Crippen molar-refractivity contribution in [2.75, 3.05) is 10.7 Å². The zero-order valence-corrected chi connectivity index (χ0v) is 13.1. The lowest BCUT2D eigenvalue weighted by atomic mass is 10.1. The number of anilines is 2. The van der Waals surface area contributed by atoms with Crippen molar-refractivity contribution >= 4 is 33.3 Å². The molecule has 0 aliphatic heterocycles. The predicted molar refractivity (Wildman–Crippen MR) is 83.6 cm³/mol. The second-order valence-electron chi connectivity index (χ2n) is 4.56. The highest BCUT2D eigenvalue weighted by atomic mass is 79.9. The van der Waals surface area contributed by atoms with Crippen LogP contribution in [-0.2, 0) is 0 Å². The fraction of sp³-hybridized carbons (Fsp3) is 0.143. The number of halogens is 2. The number of hydrogen-bond acceptors (Lipinski definition) is 4. The van der Waals surface area contributed by atoms with E-state index < -0.39 is 0 Å². The van der Waals surface area contributed by atoms with Crippen LogP contribution in [0.1, 0.15) is 21.6 Å². The maximum absolute atomic E-state index is 13.4. The van der Waals surface area contributed by atoms with E-state index >= 15 is 0 Å². The molecule has 1 aromatic carbocycles. The summed E-state index contributed by atoms with van der Waals surface area (Å²) < 4.78 is 13.7. The molecule has 0 saturated heterocycles. The summed E-state index contributed by atoms with van der Waals surface area (Å²) in [6.07, 6.45) is 0. The number of hydrazine groups is 1. The van der Waals surface area contributed by atoms with Crippen LogP contribution in [0.15, 0.2) is 28.7 Å². The number of benzene rings is 1. The molecule has 1 aromatic heterocycles. The molecular weight excluding hydrogens is 339 g/mol. The number of nitrogens with zero attached hydrogens (tertiary/aromatic N) is 1. The molecule has 5 nitrogen and oxygen atoms in total. The van der Waals surface area contributed by atoms with E-state index in [1.807, 2.05) is 0 Å². The van der Waals surface area contributed by atoms with E-state index in [9.17, 15) is 9.18 Å². The Labute approximate surface area is 129 Å². The number of aromatic nitrogens is 1. The summed E-state index contributed by atoms with van der Waals surface area (Å²) in [5, 5.41) is 2.74. The lowest BCUT2D eigenvalue weighted by molar-refractivity contribution is 0.102. The number of carbonyl (C=O) groups is 1. The highest BCUT2D eigenvalue weighted by Crippen LogP contribution is 2.25. The summed E-state index contributed by atoms with van der Waals surface area (Å²) in [5.74, 6) is 5.01. The van der Waals surface area contributed by atoms with Gasteiger partial charge in [-0.2, -0.15) is 0 Å². The van der Waals surface area contributed by atoms with Crippen LogP contribution in [0.25, 0.3) is 0 Å². The van der Waals surface area contributed by atoms with Crippen LogP contribution in [-0.4, -0.2) is 10.9 Å². The second kappa shape index (κ2) is 6.19. The first-order chi connectivity index (χ1) is 9.90. The minimum absolute atomic E-state index is 0.290. The molecule has 0 spiro atoms. The van der Waals surface area contributed by atoms with Gasteiger partial charge in [0.1, 0.15) is 11.6 Å². The molecule has 0 radical (unpaired) electrons. The van der Waals surface area contributed by atoms with E-state index in [-0.39, 0.29) is 11.7 Å². The largest absolute Gasteiger partial charge is 0.322 e. The average Bonchev–Trinajstić information content (AvgIpc) is 2.43. The fourth-order valence-corrected chi connectivity index (χ4v) is 2.19. The highest BCUT2D eigenvalue weighted by molar-refractivity contribution is 9.10. The van der Waals surface area contributed by atoms with Crippen LogP contribution in [0.2, 0.25) is 0 Å². The number of nitrogens with one attached hydrogen (secondary N) is 2. The van der Waals surface area contributed by atoms with E-state index in [2.05, 4.69) is 31.7 Å². The Hall–Kier alpha value is -1.99. The van der Waals surface area contributed by atoms with Crippen LogP contribution < -0.4 is 16.6 Å². The van der Waals surface area contributed by atoms with E-state index in [1.54, 1.807) is 19.9 Å². The number of nitrogen functional groups attached to an aromatic ring is 1. The van der Waals surface area contributed by atoms with Gasteiger partial charge in [0.25, 0.3) is 5.91 Å². The van der Waals surface area contributed by atoms with Gasteiger partial charge in [0, 0.05) is 16.9 Å². The van der Waals surface area contributed by atoms with Gasteiger partial charge >= 0.3 is 0 Å². The SMILES string of the molecule is Cc1cc(C(=O)Nc2cc(Br)c(F)cc2C)cc(NN)n1. The molecule has 7 heteroatoms. The molecule has 2 rings (SSSR count). The molecule has 1 amide bonds. The first-order valence-electron chi connectivity index (χ1n) is 6.13. The van der Waals surface area contributed by atoms with Gasteiger partial charge in [0.2, 0.25) is 0 Å². The second-order valence-corrected chi connectivity index (χ2v) is 5.42. The number of carbonyl (C=O) groups excluding carboxylic acids is 1. The first-order valence-corrected chi connectivity index (χ1v) is 6.92. The summed E-state index contributed by atoms with van der Waals surface area (Å²) in [6.45, 7) is 3.48. The monoisotopic (exact) mass is 352 g/mol. The summed E-state index contributed by atoms with van der Waals surface area (Å²) in [5.41, 5.74) is 4.64. The maximum Gasteiger partial charge on any atom is 0.255 e. The molecule has 0 bridgehead atoms. The summed E-state index contributed by atoms with van der Waals surface area (Å²) in [4.78, 5) is 16.4. The van der Waals surface area contributed by atoms with Crippen molar-refractivity contribution in [3.05, 3.63) is 51.4 Å². The molecular formula is C14H14BrFN4O. The quantitative estimate of drug-likeness (QED) is 0.585. The van der Waals surface area contributed by atoms with Crippen molar-refractivity contribution in [1.29, 1.82) is 0 Å². The van der Waals surface area contributed by atoms with Gasteiger partial charge in [-0.25, -0.2) is 15.2 Å². The Morgan fingerprint density at radius 3 is 2.67 bits per heavy atom. The molecule has 0 fully saturated rings. The molecule has 0 atom stereocenters. The van der Waals surface area contributed by atoms with Gasteiger partial charge in [-0.1, -0.05) is 0 Å². The zero-order valence-electron chi connectivity index (χ0n) is 11.5. The Morgan fingerprint density at radius 2 is 2.00 bits per heavy atom. The Morgan fingerprint density at radius 1 is 1.29 bits per heavy atom. The minimum Gasteiger partial charge on any atom is -0.322 e. The number of amides is 1. The fourth-order valence-electron chi connectivity index (χ4n) is 1.85. The number of aryl methyl sites for hydroxylation is 2. The molecule has 0 saturated carbocycles. The number of rotatable bonds is 3. The molecule has 0 unspecified atom stereocenters. The number of nitrogens with two attached hydrogens (primary N) is 1. The van der Waals surface area contributed by atoms with Crippen molar-refractivity contribution < 1.29 is 9.18 Å². The minimum atomic E-state index is -0.375. The third-order valence-electron chi connectivity index (χ3n) is 2.88. The van der Waals surface area contributed by atoms with Crippen LogP contribution >= 0.6 is 15.9 Å². The first kappa shape index (κ1) is 15.4. The predicted octanol–water partition coefficient (Wildman–Crippen LogP) is 3.14. The summed E-state index contributed by atoms with van der Waals surface area (Å²) in [6, 6.07) is 6.06. The van der Waals surface area contributed by atoms with Crippen LogP contribution in [0.3, 0.4) is 0 Å². The Kier molecular flexibility index (Phi) is 4.54. The third kappa shape index (κ3) is 3.56. The van der Waals surface area contributed by atoms with Crippen LogP contribution in [0.4, 0.5) is 15.9 Å². The maximum atomic E-state index is 13.4. The van der Waals surface area contributed by atoms with E-state index in [0.717, 1.165) is 0 Å². The van der Waals surface area contributed by atoms with Gasteiger partial charge in [-0.15, -0.1) is 0 Å². The van der Waals surface area contributed by atoms with Gasteiger partial charge < -0.3 is 10.7 Å². The van der Waals surface area contributed by atoms with E-state index in [1.165, 1.54) is 18.2 Å². The topological polar surface area (TPSA) is 80.0 Å². The lowest BCUT2D eigenvalue weighted by Gasteiger charge is -2.11.